The Morgan fingerprint density at radius 2 is 1.84 bits per heavy atom. The van der Waals surface area contributed by atoms with Crippen molar-refractivity contribution in [1.29, 1.82) is 0 Å². The molecule has 0 radical (unpaired) electrons. The summed E-state index contributed by atoms with van der Waals surface area (Å²) in [5, 5.41) is 0. The van der Waals surface area contributed by atoms with Crippen molar-refractivity contribution in [2.24, 2.45) is 0 Å². The van der Waals surface area contributed by atoms with Gasteiger partial charge in [0.1, 0.15) is 11.6 Å². The molecule has 6 heteroatoms. The van der Waals surface area contributed by atoms with E-state index in [9.17, 15) is 0 Å². The lowest BCUT2D eigenvalue weighted by atomic mass is 9.92. The zero-order valence-corrected chi connectivity index (χ0v) is 19.8. The Hall–Kier alpha value is -2.44. The van der Waals surface area contributed by atoms with E-state index in [1.54, 1.807) is 0 Å². The molecule has 3 heterocycles. The van der Waals surface area contributed by atoms with Crippen molar-refractivity contribution >= 4 is 16.9 Å². The van der Waals surface area contributed by atoms with Gasteiger partial charge in [0.15, 0.2) is 0 Å². The molecule has 1 saturated heterocycles. The Balaban J connectivity index is 1.38. The molecule has 2 aromatic heterocycles. The van der Waals surface area contributed by atoms with E-state index >= 15 is 0 Å². The summed E-state index contributed by atoms with van der Waals surface area (Å²) in [5.74, 6) is 2.28. The average molecular weight is 433 g/mol. The summed E-state index contributed by atoms with van der Waals surface area (Å²) in [6, 6.07) is 13.8. The fraction of sp³-hybridized carbons (Fsp3) is 0.538. The SMILES string of the molecule is CCn1c(CCN(C)C2CCC2)nc2cc(-c3cccc(N4CCN(C)CC4)n3)ccc21. The number of anilines is 1. The van der Waals surface area contributed by atoms with Crippen LogP contribution in [0.1, 0.15) is 32.0 Å². The van der Waals surface area contributed by atoms with Gasteiger partial charge in [0.2, 0.25) is 0 Å². The number of pyridine rings is 1. The Morgan fingerprint density at radius 3 is 2.56 bits per heavy atom. The van der Waals surface area contributed by atoms with Crippen LogP contribution in [0.4, 0.5) is 5.82 Å². The van der Waals surface area contributed by atoms with Crippen LogP contribution in [0.25, 0.3) is 22.3 Å². The quantitative estimate of drug-likeness (QED) is 0.566. The maximum atomic E-state index is 5.06. The summed E-state index contributed by atoms with van der Waals surface area (Å²) in [5.41, 5.74) is 4.48. The number of hydrogen-bond donors (Lipinski definition) is 0. The minimum atomic E-state index is 0.778. The topological polar surface area (TPSA) is 40.4 Å². The molecule has 0 atom stereocenters. The van der Waals surface area contributed by atoms with Crippen LogP contribution in [0.2, 0.25) is 0 Å². The first kappa shape index (κ1) is 21.4. The normalized spacial score (nSPS) is 17.9. The zero-order chi connectivity index (χ0) is 22.1. The molecule has 2 aliphatic rings. The summed E-state index contributed by atoms with van der Waals surface area (Å²) >= 11 is 0. The van der Waals surface area contributed by atoms with Gasteiger partial charge in [0.05, 0.1) is 16.7 Å². The third kappa shape index (κ3) is 4.26. The number of piperazine rings is 1. The highest BCUT2D eigenvalue weighted by Crippen LogP contribution is 2.27. The zero-order valence-electron chi connectivity index (χ0n) is 19.8. The lowest BCUT2D eigenvalue weighted by Crippen LogP contribution is -2.44. The fourth-order valence-corrected chi connectivity index (χ4v) is 4.96. The highest BCUT2D eigenvalue weighted by molar-refractivity contribution is 5.82. The second kappa shape index (κ2) is 9.20. The molecule has 0 unspecified atom stereocenters. The number of benzene rings is 1. The van der Waals surface area contributed by atoms with Gasteiger partial charge in [-0.25, -0.2) is 9.97 Å². The Bertz CT molecular complexity index is 1060. The monoisotopic (exact) mass is 432 g/mol. The van der Waals surface area contributed by atoms with Crippen molar-refractivity contribution in [1.82, 2.24) is 24.3 Å². The van der Waals surface area contributed by atoms with Crippen LogP contribution in [0.5, 0.6) is 0 Å². The van der Waals surface area contributed by atoms with Gasteiger partial charge in [-0.15, -0.1) is 0 Å². The van der Waals surface area contributed by atoms with Crippen molar-refractivity contribution in [2.45, 2.75) is 45.2 Å². The number of nitrogens with zero attached hydrogens (tertiary/aromatic N) is 6. The van der Waals surface area contributed by atoms with Crippen LogP contribution in [0.3, 0.4) is 0 Å². The number of likely N-dealkylation sites (N-methyl/N-ethyl adjacent to an activating group) is 2. The highest BCUT2D eigenvalue weighted by Gasteiger charge is 2.22. The van der Waals surface area contributed by atoms with Crippen LogP contribution in [0, 0.1) is 0 Å². The third-order valence-electron chi connectivity index (χ3n) is 7.39. The maximum Gasteiger partial charge on any atom is 0.129 e. The van der Waals surface area contributed by atoms with Gasteiger partial charge in [-0.05, 0) is 58.1 Å². The van der Waals surface area contributed by atoms with E-state index in [0.717, 1.165) is 74.3 Å². The molecule has 1 saturated carbocycles. The van der Waals surface area contributed by atoms with Gasteiger partial charge in [-0.2, -0.15) is 0 Å². The molecule has 3 aromatic rings. The predicted molar refractivity (Wildman–Crippen MR) is 132 cm³/mol. The summed E-state index contributed by atoms with van der Waals surface area (Å²) in [4.78, 5) is 17.4. The molecule has 1 aromatic carbocycles. The molecule has 1 aliphatic heterocycles. The van der Waals surface area contributed by atoms with Crippen molar-refractivity contribution in [2.75, 3.05) is 51.7 Å². The molecule has 6 nitrogen and oxygen atoms in total. The number of aromatic nitrogens is 3. The summed E-state index contributed by atoms with van der Waals surface area (Å²) in [6.45, 7) is 8.49. The van der Waals surface area contributed by atoms with Gasteiger partial charge in [-0.1, -0.05) is 18.6 Å². The minimum absolute atomic E-state index is 0.778. The molecule has 1 aliphatic carbocycles. The van der Waals surface area contributed by atoms with Crippen LogP contribution >= 0.6 is 0 Å². The molecular formula is C26H36N6. The molecule has 0 amide bonds. The van der Waals surface area contributed by atoms with E-state index in [1.807, 2.05) is 0 Å². The maximum absolute atomic E-state index is 5.06. The second-order valence-electron chi connectivity index (χ2n) is 9.46. The van der Waals surface area contributed by atoms with Crippen molar-refractivity contribution in [3.8, 4) is 11.3 Å². The molecule has 170 valence electrons. The van der Waals surface area contributed by atoms with E-state index in [1.165, 1.54) is 30.6 Å². The fourth-order valence-electron chi connectivity index (χ4n) is 4.96. The first-order valence-corrected chi connectivity index (χ1v) is 12.2. The predicted octanol–water partition coefficient (Wildman–Crippen LogP) is 3.90. The van der Waals surface area contributed by atoms with Gasteiger partial charge >= 0.3 is 0 Å². The number of imidazole rings is 1. The molecular weight excluding hydrogens is 396 g/mol. The lowest BCUT2D eigenvalue weighted by molar-refractivity contribution is 0.160. The first-order chi connectivity index (χ1) is 15.6. The van der Waals surface area contributed by atoms with Crippen LogP contribution < -0.4 is 4.90 Å². The van der Waals surface area contributed by atoms with Gasteiger partial charge in [0.25, 0.3) is 0 Å². The van der Waals surface area contributed by atoms with Crippen molar-refractivity contribution in [3.05, 3.63) is 42.2 Å². The second-order valence-corrected chi connectivity index (χ2v) is 9.46. The average Bonchev–Trinajstić information content (AvgIpc) is 3.14. The van der Waals surface area contributed by atoms with Gasteiger partial charge in [0, 0.05) is 57.3 Å². The summed E-state index contributed by atoms with van der Waals surface area (Å²) < 4.78 is 2.38. The standard InChI is InChI=1S/C26H36N6/c1-4-32-24-12-11-20(19-23(24)28-26(32)13-14-30(3)21-7-5-8-21)22-9-6-10-25(27-22)31-17-15-29(2)16-18-31/h6,9-12,19,21H,4-5,7-8,13-18H2,1-3H3. The Labute approximate surface area is 191 Å². The lowest BCUT2D eigenvalue weighted by Gasteiger charge is -2.34. The molecule has 32 heavy (non-hydrogen) atoms. The minimum Gasteiger partial charge on any atom is -0.354 e. The molecule has 0 spiro atoms. The number of fused-ring (bicyclic) bond motifs is 1. The van der Waals surface area contributed by atoms with E-state index in [0.29, 0.717) is 0 Å². The Morgan fingerprint density at radius 1 is 1.03 bits per heavy atom. The van der Waals surface area contributed by atoms with E-state index in [4.69, 9.17) is 9.97 Å². The van der Waals surface area contributed by atoms with Crippen LogP contribution in [-0.2, 0) is 13.0 Å². The van der Waals surface area contributed by atoms with Crippen molar-refractivity contribution < 1.29 is 0 Å². The first-order valence-electron chi connectivity index (χ1n) is 12.2. The third-order valence-corrected chi connectivity index (χ3v) is 7.39. The molecule has 0 bridgehead atoms. The largest absolute Gasteiger partial charge is 0.354 e. The molecule has 5 rings (SSSR count). The van der Waals surface area contributed by atoms with Crippen LogP contribution in [0.15, 0.2) is 36.4 Å². The van der Waals surface area contributed by atoms with Crippen LogP contribution in [-0.4, -0.2) is 77.2 Å². The van der Waals surface area contributed by atoms with E-state index < -0.39 is 0 Å². The van der Waals surface area contributed by atoms with E-state index in [2.05, 4.69) is 76.7 Å². The molecule has 2 fully saturated rings. The Kier molecular flexibility index (Phi) is 6.15. The summed E-state index contributed by atoms with van der Waals surface area (Å²) in [6.07, 6.45) is 5.09. The summed E-state index contributed by atoms with van der Waals surface area (Å²) in [7, 11) is 4.45. The smallest absolute Gasteiger partial charge is 0.129 e. The van der Waals surface area contributed by atoms with Gasteiger partial charge in [-0.3, -0.25) is 0 Å². The number of hydrogen-bond acceptors (Lipinski definition) is 5. The number of aryl methyl sites for hydroxylation is 1. The number of rotatable bonds is 7. The molecule has 0 N–H and O–H groups in total. The van der Waals surface area contributed by atoms with Gasteiger partial charge < -0.3 is 19.3 Å². The highest BCUT2D eigenvalue weighted by atomic mass is 15.3. The van der Waals surface area contributed by atoms with Crippen molar-refractivity contribution in [3.63, 3.8) is 0 Å². The van der Waals surface area contributed by atoms with E-state index in [-0.39, 0.29) is 0 Å².